The van der Waals surface area contributed by atoms with Crippen LogP contribution in [0.1, 0.15) is 61.1 Å². The molecule has 7 rings (SSSR count). The standard InChI is InChI=1S/C34H38N4O8/c1-20-23-8-3-5-11-26(23)46-29(20)31(42)35-24(9-4-6-12-28(40)45-2)30(41)36-25-10-7-13-38(32(25)43)18-27(39)37-33-15-21-14-22(17-33)34(44,16-21)19-33/h3,5-8,10-13,21-22,24,44H,4,9,14-19H2,1-2H3,(H,35,42)(H,36,41)(H,37,39)/b12-6+/t21?,22?,24-,33?,34?/m0/s1. The van der Waals surface area contributed by atoms with Crippen LogP contribution in [0.4, 0.5) is 5.69 Å². The van der Waals surface area contributed by atoms with Crippen molar-refractivity contribution in [3.63, 3.8) is 0 Å². The summed E-state index contributed by atoms with van der Waals surface area (Å²) in [5.74, 6) is -1.48. The summed E-state index contributed by atoms with van der Waals surface area (Å²) >= 11 is 0. The molecule has 4 bridgehead atoms. The highest BCUT2D eigenvalue weighted by molar-refractivity contribution is 6.03. The second kappa shape index (κ2) is 12.2. The van der Waals surface area contributed by atoms with Gasteiger partial charge in [-0.3, -0.25) is 19.2 Å². The fourth-order valence-electron chi connectivity index (χ4n) is 7.86. The van der Waals surface area contributed by atoms with Gasteiger partial charge >= 0.3 is 5.97 Å². The van der Waals surface area contributed by atoms with Crippen molar-refractivity contribution in [1.82, 2.24) is 15.2 Å². The molecule has 4 aliphatic rings. The molecule has 1 aromatic carbocycles. The SMILES string of the molecule is COC(=O)/C=C/CC[C@H](NC(=O)c1oc2ccccc2c1C)C(=O)Nc1cccn(CC(=O)NC23CC4CC(C2)C(O)(C4)C3)c1=O. The maximum absolute atomic E-state index is 13.5. The van der Waals surface area contributed by atoms with Gasteiger partial charge < -0.3 is 34.8 Å². The highest BCUT2D eigenvalue weighted by Crippen LogP contribution is 2.62. The Morgan fingerprint density at radius 2 is 1.96 bits per heavy atom. The molecule has 4 unspecified atom stereocenters. The first-order chi connectivity index (χ1) is 22.0. The van der Waals surface area contributed by atoms with E-state index in [1.54, 1.807) is 25.1 Å². The second-order valence-electron chi connectivity index (χ2n) is 12.9. The number of hydrogen-bond acceptors (Lipinski definition) is 8. The second-order valence-corrected chi connectivity index (χ2v) is 12.9. The summed E-state index contributed by atoms with van der Waals surface area (Å²) in [4.78, 5) is 64.7. The number of aromatic nitrogens is 1. The zero-order valence-electron chi connectivity index (χ0n) is 25.8. The number of aryl methyl sites for hydroxylation is 1. The Balaban J connectivity index is 1.15. The van der Waals surface area contributed by atoms with Gasteiger partial charge in [0, 0.05) is 28.8 Å². The number of carbonyl (C=O) groups excluding carboxylic acids is 4. The van der Waals surface area contributed by atoms with E-state index in [1.165, 1.54) is 36.1 Å². The molecule has 4 saturated carbocycles. The number of amides is 3. The van der Waals surface area contributed by atoms with E-state index >= 15 is 0 Å². The molecular formula is C34H38N4O8. The number of furan rings is 1. The third-order valence-electron chi connectivity index (χ3n) is 9.73. The maximum Gasteiger partial charge on any atom is 0.330 e. The zero-order chi connectivity index (χ0) is 32.6. The minimum absolute atomic E-state index is 0.0584. The molecule has 2 aromatic heterocycles. The lowest BCUT2D eigenvalue weighted by atomic mass is 9.75. The van der Waals surface area contributed by atoms with Gasteiger partial charge in [-0.05, 0) is 81.9 Å². The monoisotopic (exact) mass is 630 g/mol. The predicted molar refractivity (Wildman–Crippen MR) is 168 cm³/mol. The van der Waals surface area contributed by atoms with Crippen molar-refractivity contribution in [2.45, 2.75) is 75.6 Å². The number of carbonyl (C=O) groups is 4. The molecule has 46 heavy (non-hydrogen) atoms. The smallest absolute Gasteiger partial charge is 0.330 e. The number of esters is 1. The average molecular weight is 631 g/mol. The van der Waals surface area contributed by atoms with Crippen LogP contribution in [0.2, 0.25) is 0 Å². The van der Waals surface area contributed by atoms with Crippen LogP contribution in [-0.2, 0) is 25.7 Å². The molecule has 0 spiro atoms. The van der Waals surface area contributed by atoms with E-state index < -0.39 is 40.5 Å². The summed E-state index contributed by atoms with van der Waals surface area (Å²) < 4.78 is 11.6. The van der Waals surface area contributed by atoms with Crippen LogP contribution in [0.25, 0.3) is 11.0 Å². The van der Waals surface area contributed by atoms with E-state index in [-0.39, 0.29) is 42.7 Å². The van der Waals surface area contributed by atoms with Gasteiger partial charge in [0.15, 0.2) is 5.76 Å². The largest absolute Gasteiger partial charge is 0.466 e. The molecule has 2 heterocycles. The molecule has 242 valence electrons. The van der Waals surface area contributed by atoms with Crippen molar-refractivity contribution in [2.24, 2.45) is 11.8 Å². The molecule has 3 amide bonds. The van der Waals surface area contributed by atoms with Crippen LogP contribution >= 0.6 is 0 Å². The number of fused-ring (bicyclic) bond motifs is 1. The summed E-state index contributed by atoms with van der Waals surface area (Å²) in [6, 6.07) is 9.08. The van der Waals surface area contributed by atoms with Crippen molar-refractivity contribution in [2.75, 3.05) is 12.4 Å². The van der Waals surface area contributed by atoms with E-state index in [4.69, 9.17) is 4.42 Å². The molecule has 3 aromatic rings. The number of aliphatic hydroxyl groups is 1. The lowest BCUT2D eigenvalue weighted by molar-refractivity contribution is -0.134. The number of nitrogens with one attached hydrogen (secondary N) is 3. The average Bonchev–Trinajstić information content (AvgIpc) is 3.54. The van der Waals surface area contributed by atoms with Crippen LogP contribution in [0, 0.1) is 18.8 Å². The first kappa shape index (κ1) is 31.3. The molecule has 4 N–H and O–H groups in total. The fourth-order valence-corrected chi connectivity index (χ4v) is 7.86. The van der Waals surface area contributed by atoms with Crippen molar-refractivity contribution in [3.05, 3.63) is 76.4 Å². The number of hydrogen-bond donors (Lipinski definition) is 4. The Morgan fingerprint density at radius 1 is 1.15 bits per heavy atom. The molecule has 12 nitrogen and oxygen atoms in total. The minimum atomic E-state index is -1.10. The molecular weight excluding hydrogens is 592 g/mol. The quantitative estimate of drug-likeness (QED) is 0.185. The molecule has 0 radical (unpaired) electrons. The van der Waals surface area contributed by atoms with Crippen LogP contribution in [-0.4, -0.2) is 57.7 Å². The van der Waals surface area contributed by atoms with Gasteiger partial charge in [-0.25, -0.2) is 4.79 Å². The molecule has 12 heteroatoms. The number of benzene rings is 1. The lowest BCUT2D eigenvalue weighted by Gasteiger charge is -2.40. The first-order valence-corrected chi connectivity index (χ1v) is 15.6. The number of para-hydroxylation sites is 1. The lowest BCUT2D eigenvalue weighted by Crippen LogP contribution is -2.53. The summed E-state index contributed by atoms with van der Waals surface area (Å²) in [5.41, 5.74) is -0.641. The number of ether oxygens (including phenoxy) is 1. The van der Waals surface area contributed by atoms with Gasteiger partial charge in [0.25, 0.3) is 11.5 Å². The number of methoxy groups -OCH3 is 1. The molecule has 5 atom stereocenters. The Bertz CT molecular complexity index is 1790. The van der Waals surface area contributed by atoms with Crippen molar-refractivity contribution in [1.29, 1.82) is 0 Å². The van der Waals surface area contributed by atoms with E-state index in [9.17, 15) is 29.1 Å². The topological polar surface area (TPSA) is 169 Å². The van der Waals surface area contributed by atoms with Gasteiger partial charge in [0.1, 0.15) is 23.9 Å². The summed E-state index contributed by atoms with van der Waals surface area (Å²) in [6.07, 6.45) is 8.46. The van der Waals surface area contributed by atoms with Gasteiger partial charge in [0.2, 0.25) is 11.8 Å². The Morgan fingerprint density at radius 3 is 2.70 bits per heavy atom. The van der Waals surface area contributed by atoms with E-state index in [0.717, 1.165) is 31.1 Å². The molecule has 4 aliphatic carbocycles. The van der Waals surface area contributed by atoms with Crippen molar-refractivity contribution >= 4 is 40.3 Å². The third kappa shape index (κ3) is 6.09. The van der Waals surface area contributed by atoms with Crippen LogP contribution in [0.5, 0.6) is 0 Å². The van der Waals surface area contributed by atoms with Crippen LogP contribution in [0.15, 0.2) is 64.0 Å². The number of pyridine rings is 1. The number of nitrogens with zero attached hydrogens (tertiary/aromatic N) is 1. The number of anilines is 1. The highest BCUT2D eigenvalue weighted by Gasteiger charge is 2.63. The van der Waals surface area contributed by atoms with E-state index in [2.05, 4.69) is 20.7 Å². The van der Waals surface area contributed by atoms with Crippen molar-refractivity contribution in [3.8, 4) is 0 Å². The van der Waals surface area contributed by atoms with Crippen molar-refractivity contribution < 1.29 is 33.4 Å². The predicted octanol–water partition coefficient (Wildman–Crippen LogP) is 2.96. The summed E-state index contributed by atoms with van der Waals surface area (Å²) in [6.45, 7) is 1.50. The molecule has 0 saturated heterocycles. The Hall–Kier alpha value is -4.71. The molecule has 4 fully saturated rings. The Kier molecular flexibility index (Phi) is 8.32. The third-order valence-corrected chi connectivity index (χ3v) is 9.73. The molecule has 0 aliphatic heterocycles. The Labute approximate surface area is 265 Å². The normalized spacial score (nSPS) is 25.1. The number of allylic oxidation sites excluding steroid dienone is 1. The first-order valence-electron chi connectivity index (χ1n) is 15.6. The van der Waals surface area contributed by atoms with E-state index in [0.29, 0.717) is 23.5 Å². The van der Waals surface area contributed by atoms with E-state index in [1.807, 2.05) is 12.1 Å². The summed E-state index contributed by atoms with van der Waals surface area (Å²) in [5, 5.41) is 20.2. The minimum Gasteiger partial charge on any atom is -0.466 e. The van der Waals surface area contributed by atoms with Gasteiger partial charge in [-0.15, -0.1) is 0 Å². The maximum atomic E-state index is 13.5. The highest BCUT2D eigenvalue weighted by atomic mass is 16.5. The summed E-state index contributed by atoms with van der Waals surface area (Å²) in [7, 11) is 1.25. The van der Waals surface area contributed by atoms with Crippen LogP contribution in [0.3, 0.4) is 0 Å². The zero-order valence-corrected chi connectivity index (χ0v) is 25.8. The van der Waals surface area contributed by atoms with Gasteiger partial charge in [-0.2, -0.15) is 0 Å². The number of rotatable bonds is 11. The van der Waals surface area contributed by atoms with Crippen LogP contribution < -0.4 is 21.5 Å². The fraction of sp³-hybridized carbons (Fsp3) is 0.441. The van der Waals surface area contributed by atoms with Gasteiger partial charge in [0.05, 0.1) is 12.7 Å². The van der Waals surface area contributed by atoms with Gasteiger partial charge in [-0.1, -0.05) is 24.3 Å².